The number of nitrogens with one attached hydrogen (secondary N) is 1. The van der Waals surface area contributed by atoms with Crippen LogP contribution in [0.3, 0.4) is 0 Å². The van der Waals surface area contributed by atoms with Crippen molar-refractivity contribution in [1.82, 2.24) is 29.7 Å². The Kier molecular flexibility index (Phi) is 3.22. The van der Waals surface area contributed by atoms with Crippen LogP contribution in [0.2, 0.25) is 0 Å². The molecule has 3 aromatic heterocycles. The molecular formula is C11H11N7O2S. The largest absolute Gasteiger partial charge is 0.477 e. The lowest BCUT2D eigenvalue weighted by molar-refractivity contribution is 0.0694. The Morgan fingerprint density at radius 3 is 3.00 bits per heavy atom. The van der Waals surface area contributed by atoms with E-state index >= 15 is 0 Å². The van der Waals surface area contributed by atoms with Crippen LogP contribution in [0.1, 0.15) is 17.3 Å². The molecule has 3 aromatic rings. The maximum Gasteiger partial charge on any atom is 0.342 e. The minimum Gasteiger partial charge on any atom is -0.477 e. The Morgan fingerprint density at radius 2 is 2.29 bits per heavy atom. The van der Waals surface area contributed by atoms with E-state index in [1.807, 2.05) is 6.92 Å². The Balaban J connectivity index is 2.25. The molecule has 0 aliphatic carbocycles. The third-order valence-electron chi connectivity index (χ3n) is 2.79. The van der Waals surface area contributed by atoms with Crippen LogP contribution in [-0.2, 0) is 0 Å². The van der Waals surface area contributed by atoms with Crippen molar-refractivity contribution in [1.29, 1.82) is 0 Å². The standard InChI is InChI=1S/C11H11N7O2S/c1-2-21-10-5(11(19)20)7(12)18(17-10)9-6-8(14-3-13-6)15-4-16-9/h3-4H,2,12H2,1H3,(H,19,20)(H,13,14,15,16). The van der Waals surface area contributed by atoms with Crippen molar-refractivity contribution >= 4 is 34.7 Å². The quantitative estimate of drug-likeness (QED) is 0.606. The van der Waals surface area contributed by atoms with Gasteiger partial charge in [-0.25, -0.2) is 19.7 Å². The number of rotatable bonds is 4. The van der Waals surface area contributed by atoms with E-state index < -0.39 is 5.97 Å². The van der Waals surface area contributed by atoms with Gasteiger partial charge in [0.1, 0.15) is 28.3 Å². The van der Waals surface area contributed by atoms with Gasteiger partial charge in [-0.05, 0) is 5.75 Å². The zero-order chi connectivity index (χ0) is 15.0. The van der Waals surface area contributed by atoms with Crippen LogP contribution in [0.15, 0.2) is 17.7 Å². The van der Waals surface area contributed by atoms with E-state index in [4.69, 9.17) is 5.73 Å². The molecule has 0 unspecified atom stereocenters. The van der Waals surface area contributed by atoms with Crippen molar-refractivity contribution < 1.29 is 9.90 Å². The molecule has 0 atom stereocenters. The molecular weight excluding hydrogens is 294 g/mol. The number of aromatic nitrogens is 6. The maximum atomic E-state index is 11.4. The van der Waals surface area contributed by atoms with Gasteiger partial charge in [0.2, 0.25) is 0 Å². The van der Waals surface area contributed by atoms with Gasteiger partial charge in [0, 0.05) is 0 Å². The Labute approximate surface area is 122 Å². The molecule has 3 heterocycles. The van der Waals surface area contributed by atoms with Crippen molar-refractivity contribution in [2.75, 3.05) is 11.5 Å². The van der Waals surface area contributed by atoms with E-state index in [1.54, 1.807) is 0 Å². The number of imidazole rings is 1. The lowest BCUT2D eigenvalue weighted by Gasteiger charge is -2.03. The van der Waals surface area contributed by atoms with Crippen LogP contribution in [0.25, 0.3) is 17.0 Å². The summed E-state index contributed by atoms with van der Waals surface area (Å²) in [6.45, 7) is 1.91. The topological polar surface area (TPSA) is 136 Å². The average Bonchev–Trinajstić information content (AvgIpc) is 3.03. The average molecular weight is 305 g/mol. The first-order valence-corrected chi connectivity index (χ1v) is 7.01. The number of anilines is 1. The van der Waals surface area contributed by atoms with Gasteiger partial charge in [0.25, 0.3) is 0 Å². The third kappa shape index (κ3) is 2.09. The van der Waals surface area contributed by atoms with Gasteiger partial charge < -0.3 is 15.8 Å². The second-order valence-electron chi connectivity index (χ2n) is 4.01. The molecule has 0 aliphatic rings. The van der Waals surface area contributed by atoms with Crippen LogP contribution in [0.4, 0.5) is 5.82 Å². The molecule has 108 valence electrons. The van der Waals surface area contributed by atoms with Crippen molar-refractivity contribution in [2.24, 2.45) is 0 Å². The van der Waals surface area contributed by atoms with Gasteiger partial charge in [-0.2, -0.15) is 9.78 Å². The van der Waals surface area contributed by atoms with E-state index in [0.717, 1.165) is 0 Å². The monoisotopic (exact) mass is 305 g/mol. The number of H-pyrrole nitrogens is 1. The number of carbonyl (C=O) groups is 1. The van der Waals surface area contributed by atoms with Crippen molar-refractivity contribution in [3.05, 3.63) is 18.2 Å². The van der Waals surface area contributed by atoms with Gasteiger partial charge >= 0.3 is 5.97 Å². The highest BCUT2D eigenvalue weighted by atomic mass is 32.2. The second kappa shape index (κ2) is 5.05. The molecule has 0 fully saturated rings. The summed E-state index contributed by atoms with van der Waals surface area (Å²) in [7, 11) is 0. The SMILES string of the molecule is CCSc1nn(-c2ncnc3nc[nH]c23)c(N)c1C(=O)O. The first-order valence-electron chi connectivity index (χ1n) is 6.02. The molecule has 9 nitrogen and oxygen atoms in total. The molecule has 4 N–H and O–H groups in total. The lowest BCUT2D eigenvalue weighted by Crippen LogP contribution is -2.08. The molecule has 3 rings (SSSR count). The summed E-state index contributed by atoms with van der Waals surface area (Å²) in [5.41, 5.74) is 6.91. The minimum absolute atomic E-state index is 0.0203. The maximum absolute atomic E-state index is 11.4. The molecule has 21 heavy (non-hydrogen) atoms. The fourth-order valence-corrected chi connectivity index (χ4v) is 2.67. The summed E-state index contributed by atoms with van der Waals surface area (Å²) in [6.07, 6.45) is 2.80. The molecule has 0 saturated carbocycles. The Bertz CT molecular complexity index is 825. The summed E-state index contributed by atoms with van der Waals surface area (Å²) in [5.74, 6) is -0.0573. The Hall–Kier alpha value is -2.62. The molecule has 10 heteroatoms. The number of hydrogen-bond acceptors (Lipinski definition) is 7. The molecule has 0 radical (unpaired) electrons. The number of aromatic carboxylic acids is 1. The summed E-state index contributed by atoms with van der Waals surface area (Å²) in [6, 6.07) is 0. The summed E-state index contributed by atoms with van der Waals surface area (Å²) >= 11 is 1.31. The number of nitrogens with zero attached hydrogens (tertiary/aromatic N) is 5. The van der Waals surface area contributed by atoms with Gasteiger partial charge in [-0.3, -0.25) is 0 Å². The van der Waals surface area contributed by atoms with Crippen LogP contribution < -0.4 is 5.73 Å². The highest BCUT2D eigenvalue weighted by Gasteiger charge is 2.24. The molecule has 0 aromatic carbocycles. The van der Waals surface area contributed by atoms with E-state index in [0.29, 0.717) is 27.8 Å². The molecule has 0 saturated heterocycles. The number of hydrogen-bond donors (Lipinski definition) is 3. The second-order valence-corrected chi connectivity index (χ2v) is 5.27. The molecule has 0 bridgehead atoms. The number of carboxylic acids is 1. The number of thioether (sulfide) groups is 1. The minimum atomic E-state index is -1.12. The highest BCUT2D eigenvalue weighted by molar-refractivity contribution is 7.99. The first kappa shape index (κ1) is 13.4. The van der Waals surface area contributed by atoms with Gasteiger partial charge in [-0.1, -0.05) is 6.92 Å². The van der Waals surface area contributed by atoms with Crippen molar-refractivity contribution in [3.63, 3.8) is 0 Å². The van der Waals surface area contributed by atoms with E-state index in [2.05, 4.69) is 25.0 Å². The highest BCUT2D eigenvalue weighted by Crippen LogP contribution is 2.29. The summed E-state index contributed by atoms with van der Waals surface area (Å²) in [4.78, 5) is 26.4. The van der Waals surface area contributed by atoms with Crippen molar-refractivity contribution in [2.45, 2.75) is 11.9 Å². The number of nitrogen functional groups attached to an aromatic ring is 1. The van der Waals surface area contributed by atoms with Crippen LogP contribution in [0, 0.1) is 0 Å². The number of nitrogens with two attached hydrogens (primary N) is 1. The van der Waals surface area contributed by atoms with Crippen LogP contribution >= 0.6 is 11.8 Å². The zero-order valence-corrected chi connectivity index (χ0v) is 11.8. The molecule has 0 spiro atoms. The molecule has 0 aliphatic heterocycles. The van der Waals surface area contributed by atoms with E-state index in [9.17, 15) is 9.90 Å². The van der Waals surface area contributed by atoms with Gasteiger partial charge in [0.05, 0.1) is 6.33 Å². The summed E-state index contributed by atoms with van der Waals surface area (Å²) in [5, 5.41) is 13.9. The normalized spacial score (nSPS) is 11.1. The fraction of sp³-hybridized carbons (Fsp3) is 0.182. The van der Waals surface area contributed by atoms with Crippen LogP contribution in [-0.4, -0.2) is 46.5 Å². The van der Waals surface area contributed by atoms with Gasteiger partial charge in [0.15, 0.2) is 11.5 Å². The van der Waals surface area contributed by atoms with E-state index in [1.165, 1.54) is 29.1 Å². The lowest BCUT2D eigenvalue weighted by atomic mass is 10.3. The smallest absolute Gasteiger partial charge is 0.342 e. The predicted octanol–water partition coefficient (Wildman–Crippen LogP) is 0.931. The number of aromatic amines is 1. The summed E-state index contributed by atoms with van der Waals surface area (Å²) < 4.78 is 1.30. The first-order chi connectivity index (χ1) is 10.1. The van der Waals surface area contributed by atoms with E-state index in [-0.39, 0.29) is 11.4 Å². The predicted molar refractivity (Wildman–Crippen MR) is 76.6 cm³/mol. The Morgan fingerprint density at radius 1 is 1.48 bits per heavy atom. The van der Waals surface area contributed by atoms with Gasteiger partial charge in [-0.15, -0.1) is 11.8 Å². The van der Waals surface area contributed by atoms with Crippen molar-refractivity contribution in [3.8, 4) is 5.82 Å². The third-order valence-corrected chi connectivity index (χ3v) is 3.64. The van der Waals surface area contributed by atoms with Crippen LogP contribution in [0.5, 0.6) is 0 Å². The zero-order valence-electron chi connectivity index (χ0n) is 10.9. The molecule has 0 amide bonds. The fourth-order valence-electron chi connectivity index (χ4n) is 1.92. The number of carboxylic acid groups (broad SMARTS) is 1. The number of fused-ring (bicyclic) bond motifs is 1.